The zero-order chi connectivity index (χ0) is 29.4. The van der Waals surface area contributed by atoms with Gasteiger partial charge in [0.15, 0.2) is 30.3 Å². The number of nitrogens with one attached hydrogen (secondary N) is 1. The fourth-order valence-corrected chi connectivity index (χ4v) is 7.75. The van der Waals surface area contributed by atoms with Crippen LogP contribution in [-0.2, 0) is 0 Å². The number of aryl methyl sites for hydroxylation is 2. The normalized spacial score (nSPS) is 13.2. The molecular formula is C38H27BN2O2S. The molecule has 9 rings (SSSR count). The van der Waals surface area contributed by atoms with Crippen LogP contribution in [0.15, 0.2) is 125 Å². The summed E-state index contributed by atoms with van der Waals surface area (Å²) in [5, 5.41) is 3.77. The van der Waals surface area contributed by atoms with Gasteiger partial charge in [-0.15, -0.1) is 0 Å². The Labute approximate surface area is 261 Å². The highest BCUT2D eigenvalue weighted by molar-refractivity contribution is 7.99. The van der Waals surface area contributed by atoms with Gasteiger partial charge in [0, 0.05) is 32.8 Å². The molecule has 0 atom stereocenters. The number of benzene rings is 6. The molecule has 4 nitrogen and oxygen atoms in total. The Morgan fingerprint density at radius 1 is 0.614 bits per heavy atom. The van der Waals surface area contributed by atoms with E-state index in [1.165, 1.54) is 54.5 Å². The van der Waals surface area contributed by atoms with Gasteiger partial charge in [-0.2, -0.15) is 0 Å². The highest BCUT2D eigenvalue weighted by atomic mass is 32.2. The van der Waals surface area contributed by atoms with Crippen LogP contribution in [0.4, 0.5) is 28.4 Å². The molecule has 0 bridgehead atoms. The zero-order valence-corrected chi connectivity index (χ0v) is 25.2. The minimum absolute atomic E-state index is 0.696. The summed E-state index contributed by atoms with van der Waals surface area (Å²) in [5.41, 5.74) is 13.1. The van der Waals surface area contributed by atoms with Gasteiger partial charge in [0.25, 0.3) is 0 Å². The van der Waals surface area contributed by atoms with Crippen molar-refractivity contribution in [2.24, 2.45) is 0 Å². The molecule has 0 radical (unpaired) electrons. The van der Waals surface area contributed by atoms with Crippen molar-refractivity contribution in [2.75, 3.05) is 10.2 Å². The first kappa shape index (κ1) is 25.4. The molecule has 44 heavy (non-hydrogen) atoms. The Kier molecular flexibility index (Phi) is 5.62. The summed E-state index contributed by atoms with van der Waals surface area (Å²) in [6.45, 7) is 4.32. The van der Waals surface area contributed by atoms with E-state index in [1.807, 2.05) is 36.0 Å². The van der Waals surface area contributed by atoms with Crippen LogP contribution in [-0.4, -0.2) is 7.28 Å². The van der Waals surface area contributed by atoms with Crippen LogP contribution in [0.2, 0.25) is 0 Å². The van der Waals surface area contributed by atoms with E-state index in [0.717, 1.165) is 35.7 Å². The first-order valence-corrected chi connectivity index (χ1v) is 15.7. The molecule has 0 unspecified atom stereocenters. The van der Waals surface area contributed by atoms with Crippen LogP contribution in [0.25, 0.3) is 11.1 Å². The van der Waals surface area contributed by atoms with E-state index in [1.54, 1.807) is 0 Å². The van der Waals surface area contributed by atoms with Gasteiger partial charge in [0.2, 0.25) is 0 Å². The Hall–Kier alpha value is -5.07. The van der Waals surface area contributed by atoms with Gasteiger partial charge in [0.1, 0.15) is 0 Å². The molecule has 0 aromatic heterocycles. The summed E-state index contributed by atoms with van der Waals surface area (Å²) < 4.78 is 12.8. The zero-order valence-electron chi connectivity index (χ0n) is 24.3. The molecule has 0 fully saturated rings. The van der Waals surface area contributed by atoms with E-state index < -0.39 is 0 Å². The van der Waals surface area contributed by atoms with Crippen LogP contribution in [0.1, 0.15) is 11.1 Å². The third-order valence-corrected chi connectivity index (χ3v) is 9.80. The van der Waals surface area contributed by atoms with Crippen molar-refractivity contribution >= 4 is 58.4 Å². The third-order valence-electron chi connectivity index (χ3n) is 8.69. The molecule has 3 aliphatic heterocycles. The van der Waals surface area contributed by atoms with Crippen molar-refractivity contribution < 1.29 is 9.47 Å². The highest BCUT2D eigenvalue weighted by Gasteiger charge is 2.34. The quantitative estimate of drug-likeness (QED) is 0.209. The van der Waals surface area contributed by atoms with Crippen LogP contribution in [0.5, 0.6) is 23.0 Å². The van der Waals surface area contributed by atoms with Gasteiger partial charge in [-0.25, -0.2) is 0 Å². The Morgan fingerprint density at radius 3 is 2.18 bits per heavy atom. The van der Waals surface area contributed by atoms with Gasteiger partial charge in [0.05, 0.1) is 17.1 Å². The molecule has 0 spiro atoms. The summed E-state index contributed by atoms with van der Waals surface area (Å²) in [6, 6.07) is 40.6. The van der Waals surface area contributed by atoms with E-state index in [-0.39, 0.29) is 0 Å². The van der Waals surface area contributed by atoms with Gasteiger partial charge in [-0.3, -0.25) is 0 Å². The summed E-state index contributed by atoms with van der Waals surface area (Å²) in [6.07, 6.45) is 0. The molecule has 0 aliphatic carbocycles. The molecule has 210 valence electrons. The lowest BCUT2D eigenvalue weighted by molar-refractivity contribution is 0.360. The predicted octanol–water partition coefficient (Wildman–Crippen LogP) is 9.25. The van der Waals surface area contributed by atoms with Gasteiger partial charge in [-0.1, -0.05) is 77.9 Å². The lowest BCUT2D eigenvalue weighted by Gasteiger charge is -2.39. The molecule has 6 heteroatoms. The third kappa shape index (κ3) is 3.95. The van der Waals surface area contributed by atoms with Crippen LogP contribution in [0, 0.1) is 13.8 Å². The van der Waals surface area contributed by atoms with Crippen molar-refractivity contribution in [1.29, 1.82) is 0 Å². The Morgan fingerprint density at radius 2 is 1.34 bits per heavy atom. The van der Waals surface area contributed by atoms with E-state index >= 15 is 0 Å². The summed E-state index contributed by atoms with van der Waals surface area (Å²) in [5.74, 6) is 2.85. The maximum absolute atomic E-state index is 6.45. The van der Waals surface area contributed by atoms with Crippen molar-refractivity contribution in [1.82, 2.24) is 0 Å². The number of hydrogen-bond acceptors (Lipinski definition) is 5. The molecule has 0 saturated heterocycles. The molecule has 1 N–H and O–H groups in total. The number of anilines is 5. The van der Waals surface area contributed by atoms with Gasteiger partial charge in [-0.05, 0) is 84.5 Å². The van der Waals surface area contributed by atoms with Crippen molar-refractivity contribution in [3.8, 4) is 34.1 Å². The van der Waals surface area contributed by atoms with Crippen LogP contribution < -0.4 is 30.6 Å². The highest BCUT2D eigenvalue weighted by Crippen LogP contribution is 2.53. The van der Waals surface area contributed by atoms with Crippen LogP contribution >= 0.6 is 11.8 Å². The molecule has 3 aliphatic rings. The van der Waals surface area contributed by atoms with E-state index in [9.17, 15) is 0 Å². The smallest absolute Gasteiger partial charge is 0.198 e. The first-order chi connectivity index (χ1) is 21.6. The SMILES string of the molecule is Cc1cc(-c2cc3c(cc2Nc2ccccc2C)Oc2ccccc2O3)c2c(c1)N1c3ccccc3Sc3cccc(c31)B2. The minimum atomic E-state index is 0.696. The number of para-hydroxylation sites is 5. The Bertz CT molecular complexity index is 2160. The first-order valence-electron chi connectivity index (χ1n) is 14.9. The fourth-order valence-electron chi connectivity index (χ4n) is 6.64. The lowest BCUT2D eigenvalue weighted by Crippen LogP contribution is -2.42. The summed E-state index contributed by atoms with van der Waals surface area (Å²) >= 11 is 1.86. The molecular weight excluding hydrogens is 559 g/mol. The van der Waals surface area contributed by atoms with E-state index in [4.69, 9.17) is 9.47 Å². The maximum atomic E-state index is 6.45. The number of fused-ring (bicyclic) bond motifs is 6. The monoisotopic (exact) mass is 586 g/mol. The number of ether oxygens (including phenoxy) is 2. The molecule has 6 aromatic carbocycles. The van der Waals surface area contributed by atoms with Crippen molar-refractivity contribution in [3.05, 3.63) is 126 Å². The molecule has 0 saturated carbocycles. The minimum Gasteiger partial charge on any atom is -0.449 e. The van der Waals surface area contributed by atoms with Gasteiger partial charge < -0.3 is 19.7 Å². The standard InChI is InChI=1S/C38H27BN2O2S/c1-22-18-25(37-30(19-22)41-29-13-5-8-16-35(29)44-36-17-9-11-26(39-37)38(36)41)24-20-33-34(43-32-15-7-6-14-31(32)42-33)21-28(24)40-27-12-4-3-10-23(27)2/h3-21,39-40H,1-2H3. The molecule has 0 amide bonds. The summed E-state index contributed by atoms with van der Waals surface area (Å²) in [7, 11) is 0.842. The molecule has 6 aromatic rings. The van der Waals surface area contributed by atoms with Crippen molar-refractivity contribution in [3.63, 3.8) is 0 Å². The summed E-state index contributed by atoms with van der Waals surface area (Å²) in [4.78, 5) is 5.05. The topological polar surface area (TPSA) is 33.7 Å². The van der Waals surface area contributed by atoms with E-state index in [2.05, 4.69) is 115 Å². The maximum Gasteiger partial charge on any atom is 0.198 e. The van der Waals surface area contributed by atoms with E-state index in [0.29, 0.717) is 11.5 Å². The fraction of sp³-hybridized carbons (Fsp3) is 0.0526. The average Bonchev–Trinajstić information content (AvgIpc) is 3.04. The second-order valence-electron chi connectivity index (χ2n) is 11.6. The predicted molar refractivity (Wildman–Crippen MR) is 183 cm³/mol. The number of rotatable bonds is 3. The van der Waals surface area contributed by atoms with Crippen molar-refractivity contribution in [2.45, 2.75) is 23.6 Å². The van der Waals surface area contributed by atoms with Crippen LogP contribution in [0.3, 0.4) is 0 Å². The molecule has 3 heterocycles. The number of nitrogens with zero attached hydrogens (tertiary/aromatic N) is 1. The van der Waals surface area contributed by atoms with Gasteiger partial charge >= 0.3 is 0 Å². The average molecular weight is 587 g/mol. The largest absolute Gasteiger partial charge is 0.449 e. The second-order valence-corrected chi connectivity index (χ2v) is 12.7. The lowest BCUT2D eigenvalue weighted by atomic mass is 9.58. The number of hydrogen-bond donors (Lipinski definition) is 1. The Balaban J connectivity index is 1.28. The second kappa shape index (κ2) is 9.73.